The highest BCUT2D eigenvalue weighted by molar-refractivity contribution is 5.86. The minimum absolute atomic E-state index is 0.00248. The average molecular weight is 358 g/mol. The molecule has 1 saturated heterocycles. The zero-order valence-electron chi connectivity index (χ0n) is 14.7. The first kappa shape index (κ1) is 17.9. The number of rotatable bonds is 4. The van der Waals surface area contributed by atoms with Crippen molar-refractivity contribution in [1.29, 1.82) is 0 Å². The first-order chi connectivity index (χ1) is 12.4. The lowest BCUT2D eigenvalue weighted by Crippen LogP contribution is -2.38. The van der Waals surface area contributed by atoms with E-state index in [1.54, 1.807) is 37.0 Å². The van der Waals surface area contributed by atoms with E-state index in [0.29, 0.717) is 11.3 Å². The Labute approximate surface area is 150 Å². The van der Waals surface area contributed by atoms with Crippen molar-refractivity contribution in [1.82, 2.24) is 20.2 Å². The Morgan fingerprint density at radius 1 is 1.46 bits per heavy atom. The third-order valence-corrected chi connectivity index (χ3v) is 4.15. The number of hydrazine groups is 1. The monoisotopic (exact) mass is 358 g/mol. The molecule has 1 aromatic carbocycles. The summed E-state index contributed by atoms with van der Waals surface area (Å²) in [6.45, 7) is 1.83. The number of aromatic nitrogens is 2. The van der Waals surface area contributed by atoms with Gasteiger partial charge in [-0.05, 0) is 25.1 Å². The van der Waals surface area contributed by atoms with E-state index in [0.717, 1.165) is 0 Å². The van der Waals surface area contributed by atoms with Crippen LogP contribution in [-0.4, -0.2) is 39.1 Å². The number of amides is 1. The van der Waals surface area contributed by atoms with Gasteiger partial charge in [-0.3, -0.25) is 14.9 Å². The molecule has 2 unspecified atom stereocenters. The van der Waals surface area contributed by atoms with Crippen LogP contribution in [0.1, 0.15) is 29.7 Å². The van der Waals surface area contributed by atoms with Crippen LogP contribution in [0.15, 0.2) is 24.4 Å². The normalized spacial score (nSPS) is 19.8. The van der Waals surface area contributed by atoms with Crippen molar-refractivity contribution in [3.63, 3.8) is 0 Å². The van der Waals surface area contributed by atoms with Crippen LogP contribution in [0.4, 0.5) is 4.39 Å². The highest BCUT2D eigenvalue weighted by Crippen LogP contribution is 2.36. The third-order valence-electron chi connectivity index (χ3n) is 4.15. The molecule has 0 aliphatic carbocycles. The summed E-state index contributed by atoms with van der Waals surface area (Å²) < 4.78 is 21.6. The highest BCUT2D eigenvalue weighted by atomic mass is 19.1. The molecule has 0 bridgehead atoms. The summed E-state index contributed by atoms with van der Waals surface area (Å²) in [5.74, 6) is 3.32. The Morgan fingerprint density at radius 3 is 2.85 bits per heavy atom. The molecule has 8 heteroatoms. The van der Waals surface area contributed by atoms with E-state index in [1.165, 1.54) is 18.2 Å². The number of aryl methyl sites for hydroxylation is 1. The fourth-order valence-corrected chi connectivity index (χ4v) is 3.01. The number of ether oxygens (including phenoxy) is 1. The lowest BCUT2D eigenvalue weighted by atomic mass is 9.94. The molecule has 2 atom stereocenters. The van der Waals surface area contributed by atoms with Crippen molar-refractivity contribution < 1.29 is 19.0 Å². The van der Waals surface area contributed by atoms with Gasteiger partial charge in [0.05, 0.1) is 19.3 Å². The van der Waals surface area contributed by atoms with Gasteiger partial charge in [-0.25, -0.2) is 4.39 Å². The van der Waals surface area contributed by atoms with E-state index < -0.39 is 23.9 Å². The fraction of sp³-hybridized carbons (Fsp3) is 0.333. The quantitative estimate of drug-likeness (QED) is 0.794. The van der Waals surface area contributed by atoms with Crippen molar-refractivity contribution >= 4 is 5.91 Å². The number of hydrogen-bond acceptors (Lipinski definition) is 5. The van der Waals surface area contributed by atoms with E-state index in [1.807, 2.05) is 0 Å². The van der Waals surface area contributed by atoms with E-state index >= 15 is 0 Å². The van der Waals surface area contributed by atoms with Gasteiger partial charge in [0.15, 0.2) is 0 Å². The van der Waals surface area contributed by atoms with Crippen LogP contribution < -0.4 is 10.2 Å². The molecule has 1 amide bonds. The number of aliphatic hydroxyl groups excluding tert-OH is 1. The fourth-order valence-electron chi connectivity index (χ4n) is 3.01. The van der Waals surface area contributed by atoms with Gasteiger partial charge in [-0.1, -0.05) is 5.92 Å². The summed E-state index contributed by atoms with van der Waals surface area (Å²) in [6.07, 6.45) is 0.490. The van der Waals surface area contributed by atoms with Crippen LogP contribution in [0.2, 0.25) is 0 Å². The summed E-state index contributed by atoms with van der Waals surface area (Å²) in [4.78, 5) is 12.4. The zero-order chi connectivity index (χ0) is 18.8. The van der Waals surface area contributed by atoms with Crippen molar-refractivity contribution in [2.24, 2.45) is 7.05 Å². The van der Waals surface area contributed by atoms with E-state index in [9.17, 15) is 14.3 Å². The molecule has 2 aromatic rings. The number of benzene rings is 1. The molecule has 1 aliphatic heterocycles. The van der Waals surface area contributed by atoms with Gasteiger partial charge in [0.1, 0.15) is 23.7 Å². The van der Waals surface area contributed by atoms with Crippen molar-refractivity contribution in [2.45, 2.75) is 25.6 Å². The first-order valence-corrected chi connectivity index (χ1v) is 7.98. The molecule has 1 aromatic heterocycles. The Hall–Kier alpha value is -2.89. The molecule has 2 heterocycles. The lowest BCUT2D eigenvalue weighted by molar-refractivity contribution is -0.122. The smallest absolute Gasteiger partial charge is 0.246 e. The van der Waals surface area contributed by atoms with Gasteiger partial charge in [-0.2, -0.15) is 10.1 Å². The van der Waals surface area contributed by atoms with Crippen LogP contribution in [0.5, 0.6) is 5.75 Å². The number of hydrogen-bond donors (Lipinski definition) is 2. The Balaban J connectivity index is 1.93. The topological polar surface area (TPSA) is 79.6 Å². The predicted octanol–water partition coefficient (Wildman–Crippen LogP) is 0.888. The standard InChI is InChI=1S/C18H19FN4O3/c1-4-5-11-8-13(19)15(14(9-11)26-3)16-17(24)21-23(18(16)25)10-12-6-7-22(2)20-12/h6-9,16,18,25H,10H2,1-3H3,(H,21,24). The third kappa shape index (κ3) is 3.27. The molecule has 7 nitrogen and oxygen atoms in total. The predicted molar refractivity (Wildman–Crippen MR) is 91.1 cm³/mol. The molecule has 0 spiro atoms. The first-order valence-electron chi connectivity index (χ1n) is 7.98. The second kappa shape index (κ2) is 7.15. The zero-order valence-corrected chi connectivity index (χ0v) is 14.7. The van der Waals surface area contributed by atoms with Crippen molar-refractivity contribution in [3.8, 4) is 17.6 Å². The number of carbonyl (C=O) groups excluding carboxylic acids is 1. The van der Waals surface area contributed by atoms with E-state index in [4.69, 9.17) is 4.74 Å². The summed E-state index contributed by atoms with van der Waals surface area (Å²) in [6, 6.07) is 4.55. The Morgan fingerprint density at radius 2 is 2.23 bits per heavy atom. The SMILES string of the molecule is CC#Cc1cc(F)c(C2C(=O)NN(Cc3ccn(C)n3)C2O)c(OC)c1. The highest BCUT2D eigenvalue weighted by Gasteiger charge is 2.44. The number of aliphatic hydroxyl groups is 1. The van der Waals surface area contributed by atoms with Crippen LogP contribution >= 0.6 is 0 Å². The van der Waals surface area contributed by atoms with Crippen molar-refractivity contribution in [2.75, 3.05) is 7.11 Å². The van der Waals surface area contributed by atoms with Gasteiger partial charge < -0.3 is 9.84 Å². The summed E-state index contributed by atoms with van der Waals surface area (Å²) in [7, 11) is 3.15. The minimum Gasteiger partial charge on any atom is -0.496 e. The second-order valence-electron chi connectivity index (χ2n) is 5.92. The molecule has 3 rings (SSSR count). The van der Waals surface area contributed by atoms with Crippen LogP contribution in [0.25, 0.3) is 0 Å². The molecule has 26 heavy (non-hydrogen) atoms. The Kier molecular flexibility index (Phi) is 4.93. The number of carbonyl (C=O) groups is 1. The largest absolute Gasteiger partial charge is 0.496 e. The summed E-state index contributed by atoms with van der Waals surface area (Å²) >= 11 is 0. The van der Waals surface area contributed by atoms with E-state index in [2.05, 4.69) is 22.4 Å². The van der Waals surface area contributed by atoms with Gasteiger partial charge in [0.25, 0.3) is 0 Å². The molecule has 1 fully saturated rings. The van der Waals surface area contributed by atoms with Crippen LogP contribution in [0.3, 0.4) is 0 Å². The molecule has 0 radical (unpaired) electrons. The molecular weight excluding hydrogens is 339 g/mol. The van der Waals surface area contributed by atoms with E-state index in [-0.39, 0.29) is 17.9 Å². The van der Waals surface area contributed by atoms with Gasteiger partial charge >= 0.3 is 0 Å². The minimum atomic E-state index is -1.27. The number of nitrogens with one attached hydrogen (secondary N) is 1. The Bertz CT molecular complexity index is 900. The number of nitrogens with zero attached hydrogens (tertiary/aromatic N) is 3. The van der Waals surface area contributed by atoms with Gasteiger partial charge in [0.2, 0.25) is 5.91 Å². The van der Waals surface area contributed by atoms with Crippen LogP contribution in [-0.2, 0) is 18.4 Å². The lowest BCUT2D eigenvalue weighted by Gasteiger charge is -2.21. The van der Waals surface area contributed by atoms with Gasteiger partial charge in [-0.15, -0.1) is 5.92 Å². The molecule has 136 valence electrons. The molecule has 0 saturated carbocycles. The van der Waals surface area contributed by atoms with Crippen LogP contribution in [0, 0.1) is 17.7 Å². The second-order valence-corrected chi connectivity index (χ2v) is 5.92. The molecule has 2 N–H and O–H groups in total. The maximum atomic E-state index is 14.7. The average Bonchev–Trinajstić information content (AvgIpc) is 3.12. The molecule has 1 aliphatic rings. The van der Waals surface area contributed by atoms with Crippen molar-refractivity contribution in [3.05, 3.63) is 47.0 Å². The van der Waals surface area contributed by atoms with Gasteiger partial charge in [0, 0.05) is 24.4 Å². The molecular formula is C18H19FN4O3. The maximum absolute atomic E-state index is 14.7. The maximum Gasteiger partial charge on any atom is 0.246 e. The summed E-state index contributed by atoms with van der Waals surface area (Å²) in [5.41, 5.74) is 3.67. The summed E-state index contributed by atoms with van der Waals surface area (Å²) in [5, 5.41) is 16.2. The number of halogens is 1. The number of methoxy groups -OCH3 is 1.